The van der Waals surface area contributed by atoms with E-state index in [-0.39, 0.29) is 5.91 Å². The first-order valence-corrected chi connectivity index (χ1v) is 11.0. The van der Waals surface area contributed by atoms with E-state index in [0.717, 1.165) is 30.2 Å². The van der Waals surface area contributed by atoms with Crippen LogP contribution in [0.1, 0.15) is 10.4 Å². The van der Waals surface area contributed by atoms with Gasteiger partial charge in [0.2, 0.25) is 0 Å². The first kappa shape index (κ1) is 20.8. The van der Waals surface area contributed by atoms with Gasteiger partial charge in [0.05, 0.1) is 18.4 Å². The van der Waals surface area contributed by atoms with Crippen LogP contribution in [0.25, 0.3) is 16.9 Å². The second-order valence-electron chi connectivity index (χ2n) is 7.84. The van der Waals surface area contributed by atoms with E-state index in [4.69, 9.17) is 9.84 Å². The molecule has 0 atom stereocenters. The Kier molecular flexibility index (Phi) is 5.76. The molecule has 2 aromatic heterocycles. The van der Waals surface area contributed by atoms with Gasteiger partial charge in [-0.3, -0.25) is 4.79 Å². The van der Waals surface area contributed by atoms with Gasteiger partial charge in [-0.15, -0.1) is 0 Å². The number of methoxy groups -OCH3 is 1. The summed E-state index contributed by atoms with van der Waals surface area (Å²) in [6, 6.07) is 23.4. The number of carbonyl (C=O) groups is 1. The summed E-state index contributed by atoms with van der Waals surface area (Å²) in [5.74, 6) is 1.60. The molecule has 1 aliphatic rings. The van der Waals surface area contributed by atoms with Crippen LogP contribution in [0.2, 0.25) is 0 Å². The second-order valence-corrected chi connectivity index (χ2v) is 7.84. The highest BCUT2D eigenvalue weighted by Crippen LogP contribution is 2.32. The van der Waals surface area contributed by atoms with Gasteiger partial charge in [0.15, 0.2) is 0 Å². The van der Waals surface area contributed by atoms with Crippen LogP contribution in [-0.4, -0.2) is 58.9 Å². The van der Waals surface area contributed by atoms with Crippen molar-refractivity contribution in [3.63, 3.8) is 0 Å². The van der Waals surface area contributed by atoms with Crippen LogP contribution in [-0.2, 0) is 0 Å². The summed E-state index contributed by atoms with van der Waals surface area (Å²) in [4.78, 5) is 22.2. The minimum absolute atomic E-state index is 0.0289. The van der Waals surface area contributed by atoms with Gasteiger partial charge in [-0.2, -0.15) is 5.10 Å². The van der Waals surface area contributed by atoms with Crippen molar-refractivity contribution in [2.75, 3.05) is 38.2 Å². The average Bonchev–Trinajstić information content (AvgIpc) is 3.35. The maximum absolute atomic E-state index is 13.7. The van der Waals surface area contributed by atoms with E-state index in [1.54, 1.807) is 18.0 Å². The van der Waals surface area contributed by atoms with Gasteiger partial charge in [0, 0.05) is 44.1 Å². The molecule has 0 aliphatic carbocycles. The minimum Gasteiger partial charge on any atom is -0.496 e. The van der Waals surface area contributed by atoms with Crippen LogP contribution in [0.5, 0.6) is 5.75 Å². The van der Waals surface area contributed by atoms with Crippen molar-refractivity contribution in [1.29, 1.82) is 0 Å². The van der Waals surface area contributed by atoms with Gasteiger partial charge in [-0.1, -0.05) is 36.4 Å². The molecule has 7 nitrogen and oxygen atoms in total. The predicted octanol–water partition coefficient (Wildman–Crippen LogP) is 3.91. The maximum Gasteiger partial charge on any atom is 0.257 e. The average molecular weight is 440 g/mol. The normalized spacial score (nSPS) is 13.7. The van der Waals surface area contributed by atoms with Crippen LogP contribution in [0.4, 0.5) is 5.82 Å². The summed E-state index contributed by atoms with van der Waals surface area (Å²) in [6.07, 6.45) is 3.62. The van der Waals surface area contributed by atoms with Crippen molar-refractivity contribution in [1.82, 2.24) is 19.7 Å². The molecule has 3 heterocycles. The summed E-state index contributed by atoms with van der Waals surface area (Å²) in [5.41, 5.74) is 2.88. The number of para-hydroxylation sites is 2. The first-order valence-electron chi connectivity index (χ1n) is 11.0. The Bertz CT molecular complexity index is 1230. The van der Waals surface area contributed by atoms with E-state index in [1.807, 2.05) is 83.9 Å². The summed E-state index contributed by atoms with van der Waals surface area (Å²) in [5, 5.41) is 4.81. The van der Waals surface area contributed by atoms with Crippen molar-refractivity contribution >= 4 is 11.7 Å². The molecule has 2 aromatic carbocycles. The van der Waals surface area contributed by atoms with E-state index in [9.17, 15) is 4.79 Å². The number of rotatable bonds is 5. The number of hydrogen-bond acceptors (Lipinski definition) is 5. The zero-order chi connectivity index (χ0) is 22.6. The summed E-state index contributed by atoms with van der Waals surface area (Å²) in [6.45, 7) is 2.72. The standard InChI is InChI=1S/C26H25N5O2/c1-33-23-12-6-5-11-21(23)25-22(19-31(28-25)20-9-3-2-4-10-20)26(32)30-17-15-29(16-18-30)24-13-7-8-14-27-24/h2-14,19H,15-18H2,1H3. The Morgan fingerprint density at radius 3 is 2.33 bits per heavy atom. The lowest BCUT2D eigenvalue weighted by molar-refractivity contribution is 0.0747. The largest absolute Gasteiger partial charge is 0.496 e. The number of pyridine rings is 1. The smallest absolute Gasteiger partial charge is 0.257 e. The molecule has 4 aromatic rings. The lowest BCUT2D eigenvalue weighted by Crippen LogP contribution is -2.49. The van der Waals surface area contributed by atoms with Crippen LogP contribution in [0.3, 0.4) is 0 Å². The van der Waals surface area contributed by atoms with Crippen molar-refractivity contribution in [3.8, 4) is 22.7 Å². The lowest BCUT2D eigenvalue weighted by atomic mass is 10.1. The Labute approximate surface area is 192 Å². The molecule has 1 aliphatic heterocycles. The molecule has 5 rings (SSSR count). The number of aromatic nitrogens is 3. The zero-order valence-electron chi connectivity index (χ0n) is 18.5. The van der Waals surface area contributed by atoms with Gasteiger partial charge in [-0.25, -0.2) is 9.67 Å². The van der Waals surface area contributed by atoms with Crippen molar-refractivity contribution in [2.45, 2.75) is 0 Å². The number of amides is 1. The van der Waals surface area contributed by atoms with Gasteiger partial charge >= 0.3 is 0 Å². The van der Waals surface area contributed by atoms with Crippen molar-refractivity contribution in [2.24, 2.45) is 0 Å². The number of hydrogen-bond donors (Lipinski definition) is 0. The van der Waals surface area contributed by atoms with E-state index < -0.39 is 0 Å². The first-order chi connectivity index (χ1) is 16.2. The number of nitrogens with zero attached hydrogens (tertiary/aromatic N) is 5. The Hall–Kier alpha value is -4.13. The number of anilines is 1. The van der Waals surface area contributed by atoms with E-state index in [0.29, 0.717) is 30.1 Å². The molecule has 0 bridgehead atoms. The van der Waals surface area contributed by atoms with E-state index >= 15 is 0 Å². The predicted molar refractivity (Wildman–Crippen MR) is 128 cm³/mol. The SMILES string of the molecule is COc1ccccc1-c1nn(-c2ccccc2)cc1C(=O)N1CCN(c2ccccn2)CC1. The molecule has 166 valence electrons. The van der Waals surface area contributed by atoms with Crippen LogP contribution in [0, 0.1) is 0 Å². The van der Waals surface area contributed by atoms with Gasteiger partial charge in [0.1, 0.15) is 17.3 Å². The van der Waals surface area contributed by atoms with Crippen molar-refractivity contribution < 1.29 is 9.53 Å². The van der Waals surface area contributed by atoms with Gasteiger partial charge < -0.3 is 14.5 Å². The minimum atomic E-state index is -0.0289. The number of piperazine rings is 1. The zero-order valence-corrected chi connectivity index (χ0v) is 18.5. The summed E-state index contributed by atoms with van der Waals surface area (Å²) < 4.78 is 7.33. The summed E-state index contributed by atoms with van der Waals surface area (Å²) in [7, 11) is 1.63. The lowest BCUT2D eigenvalue weighted by Gasteiger charge is -2.35. The summed E-state index contributed by atoms with van der Waals surface area (Å²) >= 11 is 0. The number of benzene rings is 2. The number of carbonyl (C=O) groups excluding carboxylic acids is 1. The molecular formula is C26H25N5O2. The number of ether oxygens (including phenoxy) is 1. The Morgan fingerprint density at radius 2 is 1.61 bits per heavy atom. The monoisotopic (exact) mass is 439 g/mol. The molecule has 0 spiro atoms. The third-order valence-electron chi connectivity index (χ3n) is 5.87. The second kappa shape index (κ2) is 9.16. The molecule has 0 saturated carbocycles. The highest BCUT2D eigenvalue weighted by atomic mass is 16.5. The van der Waals surface area contributed by atoms with Crippen molar-refractivity contribution in [3.05, 3.63) is 90.8 Å². The molecule has 7 heteroatoms. The molecule has 1 saturated heterocycles. The van der Waals surface area contributed by atoms with Crippen LogP contribution in [0.15, 0.2) is 85.2 Å². The van der Waals surface area contributed by atoms with Crippen LogP contribution >= 0.6 is 0 Å². The van der Waals surface area contributed by atoms with Gasteiger partial charge in [0.25, 0.3) is 5.91 Å². The quantitative estimate of drug-likeness (QED) is 0.472. The fraction of sp³-hybridized carbons (Fsp3) is 0.192. The maximum atomic E-state index is 13.7. The van der Waals surface area contributed by atoms with Crippen LogP contribution < -0.4 is 9.64 Å². The topological polar surface area (TPSA) is 63.5 Å². The third-order valence-corrected chi connectivity index (χ3v) is 5.87. The molecule has 33 heavy (non-hydrogen) atoms. The highest BCUT2D eigenvalue weighted by molar-refractivity contribution is 6.00. The molecule has 0 unspecified atom stereocenters. The Balaban J connectivity index is 1.46. The molecule has 0 N–H and O–H groups in total. The molecule has 0 radical (unpaired) electrons. The van der Waals surface area contributed by atoms with Gasteiger partial charge in [-0.05, 0) is 36.4 Å². The molecule has 1 amide bonds. The molecular weight excluding hydrogens is 414 g/mol. The molecule has 1 fully saturated rings. The fourth-order valence-corrected chi connectivity index (χ4v) is 4.13. The fourth-order valence-electron chi connectivity index (χ4n) is 4.13. The third kappa shape index (κ3) is 4.17. The highest BCUT2D eigenvalue weighted by Gasteiger charge is 2.28. The Morgan fingerprint density at radius 1 is 0.879 bits per heavy atom. The van der Waals surface area contributed by atoms with E-state index in [1.165, 1.54) is 0 Å². The van der Waals surface area contributed by atoms with E-state index in [2.05, 4.69) is 9.88 Å².